The summed E-state index contributed by atoms with van der Waals surface area (Å²) >= 11 is 0. The maximum atomic E-state index is 3.63. The third kappa shape index (κ3) is 3.24. The minimum absolute atomic E-state index is 0.0929. The fourth-order valence-corrected chi connectivity index (χ4v) is 5.27. The van der Waals surface area contributed by atoms with E-state index in [0.717, 1.165) is 18.8 Å². The second-order valence-corrected chi connectivity index (χ2v) is 10.1. The van der Waals surface area contributed by atoms with Gasteiger partial charge in [0.2, 0.25) is 0 Å². The van der Waals surface area contributed by atoms with E-state index in [2.05, 4.69) is 108 Å². The summed E-state index contributed by atoms with van der Waals surface area (Å²) in [6.07, 6.45) is 0. The van der Waals surface area contributed by atoms with Crippen molar-refractivity contribution in [3.05, 3.63) is 53.6 Å². The number of benzene rings is 2. The number of anilines is 3. The first kappa shape index (κ1) is 19.8. The van der Waals surface area contributed by atoms with Gasteiger partial charge in [0.15, 0.2) is 0 Å². The van der Waals surface area contributed by atoms with Crippen molar-refractivity contribution in [3.8, 4) is 0 Å². The van der Waals surface area contributed by atoms with Crippen molar-refractivity contribution in [1.29, 1.82) is 0 Å². The average molecular weight is 365 g/mol. The lowest BCUT2D eigenvalue weighted by atomic mass is 9.52. The lowest BCUT2D eigenvalue weighted by molar-refractivity contribution is 0.0663. The van der Waals surface area contributed by atoms with Crippen LogP contribution in [0.3, 0.4) is 0 Å². The highest BCUT2D eigenvalue weighted by molar-refractivity contribution is 5.71. The van der Waals surface area contributed by atoms with E-state index in [4.69, 9.17) is 0 Å². The van der Waals surface area contributed by atoms with Gasteiger partial charge in [0.25, 0.3) is 0 Å². The Hall–Kier alpha value is -1.96. The summed E-state index contributed by atoms with van der Waals surface area (Å²) < 4.78 is 0. The zero-order chi connectivity index (χ0) is 20.0. The molecule has 0 saturated heterocycles. The normalized spacial score (nSPS) is 16.4. The fraction of sp³-hybridized carbons (Fsp3) is 0.520. The number of nitrogens with zero attached hydrogens (tertiary/aromatic N) is 1. The molecule has 0 unspecified atom stereocenters. The van der Waals surface area contributed by atoms with Crippen molar-refractivity contribution >= 4 is 17.1 Å². The van der Waals surface area contributed by atoms with E-state index in [9.17, 15) is 0 Å². The van der Waals surface area contributed by atoms with E-state index in [0.29, 0.717) is 0 Å². The van der Waals surface area contributed by atoms with E-state index >= 15 is 0 Å². The van der Waals surface area contributed by atoms with E-state index in [-0.39, 0.29) is 16.2 Å². The lowest BCUT2D eigenvalue weighted by Gasteiger charge is -2.52. The first-order chi connectivity index (χ1) is 12.5. The Morgan fingerprint density at radius 1 is 0.926 bits per heavy atom. The van der Waals surface area contributed by atoms with Crippen LogP contribution in [0.5, 0.6) is 0 Å². The zero-order valence-electron chi connectivity index (χ0n) is 18.4. The molecule has 2 heteroatoms. The van der Waals surface area contributed by atoms with Gasteiger partial charge in [-0.05, 0) is 66.1 Å². The molecular formula is C25H36N2. The summed E-state index contributed by atoms with van der Waals surface area (Å²) in [5.41, 5.74) is 6.90. The van der Waals surface area contributed by atoms with Crippen LogP contribution < -0.4 is 10.2 Å². The molecule has 0 bridgehead atoms. The Labute approximate surface area is 166 Å². The van der Waals surface area contributed by atoms with Crippen molar-refractivity contribution in [3.63, 3.8) is 0 Å². The smallest absolute Gasteiger partial charge is 0.0407 e. The Bertz CT molecular complexity index is 807. The summed E-state index contributed by atoms with van der Waals surface area (Å²) in [5, 5.41) is 3.63. The number of hydrogen-bond acceptors (Lipinski definition) is 2. The molecule has 2 aromatic carbocycles. The zero-order valence-corrected chi connectivity index (χ0v) is 18.4. The third-order valence-electron chi connectivity index (χ3n) is 6.47. The Morgan fingerprint density at radius 3 is 2.11 bits per heavy atom. The van der Waals surface area contributed by atoms with Crippen LogP contribution in [-0.4, -0.2) is 13.1 Å². The van der Waals surface area contributed by atoms with Gasteiger partial charge in [0.1, 0.15) is 0 Å². The summed E-state index contributed by atoms with van der Waals surface area (Å²) in [6.45, 7) is 21.0. The van der Waals surface area contributed by atoms with Crippen LogP contribution in [0.25, 0.3) is 0 Å². The third-order valence-corrected chi connectivity index (χ3v) is 6.47. The molecular weight excluding hydrogens is 328 g/mol. The van der Waals surface area contributed by atoms with Gasteiger partial charge in [0, 0.05) is 35.6 Å². The molecule has 1 aliphatic rings. The van der Waals surface area contributed by atoms with E-state index < -0.39 is 0 Å². The van der Waals surface area contributed by atoms with Gasteiger partial charge in [-0.25, -0.2) is 0 Å². The molecule has 0 spiro atoms. The van der Waals surface area contributed by atoms with Crippen molar-refractivity contribution in [2.24, 2.45) is 10.8 Å². The summed E-state index contributed by atoms with van der Waals surface area (Å²) in [5.74, 6) is 0. The van der Waals surface area contributed by atoms with Crippen LogP contribution in [0.4, 0.5) is 17.1 Å². The van der Waals surface area contributed by atoms with Gasteiger partial charge in [-0.1, -0.05) is 53.7 Å². The molecule has 0 aromatic heterocycles. The van der Waals surface area contributed by atoms with Gasteiger partial charge in [-0.15, -0.1) is 0 Å². The Morgan fingerprint density at radius 2 is 1.56 bits per heavy atom. The molecule has 1 heterocycles. The van der Waals surface area contributed by atoms with E-state index in [1.165, 1.54) is 22.5 Å². The first-order valence-corrected chi connectivity index (χ1v) is 10.2. The first-order valence-electron chi connectivity index (χ1n) is 10.2. The number of nitrogens with one attached hydrogen (secondary N) is 1. The summed E-state index contributed by atoms with van der Waals surface area (Å²) in [4.78, 5) is 2.56. The molecule has 3 rings (SSSR count). The molecule has 27 heavy (non-hydrogen) atoms. The predicted octanol–water partition coefficient (Wildman–Crippen LogP) is 6.91. The van der Waals surface area contributed by atoms with Crippen LogP contribution in [0, 0.1) is 17.8 Å². The molecule has 2 aromatic rings. The van der Waals surface area contributed by atoms with Gasteiger partial charge in [-0.2, -0.15) is 0 Å². The van der Waals surface area contributed by atoms with Gasteiger partial charge < -0.3 is 10.2 Å². The minimum Gasteiger partial charge on any atom is -0.371 e. The van der Waals surface area contributed by atoms with Crippen molar-refractivity contribution in [2.75, 3.05) is 23.3 Å². The van der Waals surface area contributed by atoms with Crippen LogP contribution in [0.2, 0.25) is 0 Å². The quantitative estimate of drug-likeness (QED) is 0.636. The number of hydrogen-bond donors (Lipinski definition) is 1. The molecule has 1 N–H and O–H groups in total. The van der Waals surface area contributed by atoms with Gasteiger partial charge in [-0.3, -0.25) is 0 Å². The number of likely N-dealkylation sites (N-methyl/N-ethyl adjacent to an activating group) is 1. The molecule has 0 radical (unpaired) electrons. The average Bonchev–Trinajstić information content (AvgIpc) is 2.89. The van der Waals surface area contributed by atoms with Gasteiger partial charge >= 0.3 is 0 Å². The molecule has 1 aliphatic heterocycles. The monoisotopic (exact) mass is 364 g/mol. The largest absolute Gasteiger partial charge is 0.371 e. The molecule has 0 atom stereocenters. The lowest BCUT2D eigenvalue weighted by Crippen LogP contribution is -2.53. The topological polar surface area (TPSA) is 15.3 Å². The highest BCUT2D eigenvalue weighted by atomic mass is 15.2. The minimum atomic E-state index is 0.0929. The fourth-order valence-electron chi connectivity index (χ4n) is 5.27. The standard InChI is InChI=1S/C25H36N2/c1-9-27-17-25(23(3,4)5,24(6,7)8)21-16-20(13-14-22(21)27)26-19-12-10-11-18(2)15-19/h10-16,26H,9,17H2,1-8H3. The number of rotatable bonds is 3. The SMILES string of the molecule is CCN1CC(C(C)(C)C)(C(C)(C)C)c2cc(Nc3cccc(C)c3)ccc21. The summed E-state index contributed by atoms with van der Waals surface area (Å²) in [6, 6.07) is 15.5. The summed E-state index contributed by atoms with van der Waals surface area (Å²) in [7, 11) is 0. The molecule has 146 valence electrons. The molecule has 2 nitrogen and oxygen atoms in total. The Kier molecular flexibility index (Phi) is 4.82. The molecule has 0 fully saturated rings. The van der Waals surface area contributed by atoms with Crippen molar-refractivity contribution in [1.82, 2.24) is 0 Å². The maximum Gasteiger partial charge on any atom is 0.0407 e. The van der Waals surface area contributed by atoms with Crippen LogP contribution in [-0.2, 0) is 5.41 Å². The maximum absolute atomic E-state index is 3.63. The van der Waals surface area contributed by atoms with Crippen LogP contribution in [0.1, 0.15) is 59.6 Å². The van der Waals surface area contributed by atoms with Crippen LogP contribution >= 0.6 is 0 Å². The van der Waals surface area contributed by atoms with Crippen molar-refractivity contribution < 1.29 is 0 Å². The van der Waals surface area contributed by atoms with Crippen molar-refractivity contribution in [2.45, 2.75) is 60.8 Å². The van der Waals surface area contributed by atoms with Crippen LogP contribution in [0.15, 0.2) is 42.5 Å². The molecule has 0 saturated carbocycles. The predicted molar refractivity (Wildman–Crippen MR) is 119 cm³/mol. The highest BCUT2D eigenvalue weighted by Gasteiger charge is 2.56. The van der Waals surface area contributed by atoms with E-state index in [1.807, 2.05) is 0 Å². The second kappa shape index (κ2) is 6.58. The van der Waals surface area contributed by atoms with Gasteiger partial charge in [0.05, 0.1) is 0 Å². The number of aryl methyl sites for hydroxylation is 1. The second-order valence-electron chi connectivity index (χ2n) is 10.1. The number of fused-ring (bicyclic) bond motifs is 1. The Balaban J connectivity index is 2.14. The highest BCUT2D eigenvalue weighted by Crippen LogP contribution is 2.59. The molecule has 0 aliphatic carbocycles. The van der Waals surface area contributed by atoms with E-state index in [1.54, 1.807) is 0 Å². The molecule has 0 amide bonds.